The number of aromatic amines is 1. The molecule has 1 aromatic carbocycles. The standard InChI is InChI=1S/C17H21N3O4/c1-2-23-13-7-9-14(10-8-13)24-12-4-6-16(21)19-20-17(22)15-5-3-11-18-15/h3,5,7-11,18H,2,4,6,12H2,1H3,(H,19,21)(H,20,22). The van der Waals surface area contributed by atoms with E-state index in [4.69, 9.17) is 9.47 Å². The van der Waals surface area contributed by atoms with Gasteiger partial charge in [0, 0.05) is 12.6 Å². The van der Waals surface area contributed by atoms with Crippen LogP contribution in [0.2, 0.25) is 0 Å². The van der Waals surface area contributed by atoms with Crippen LogP contribution in [0.5, 0.6) is 11.5 Å². The molecule has 0 spiro atoms. The first-order valence-corrected chi connectivity index (χ1v) is 7.77. The molecule has 1 heterocycles. The van der Waals surface area contributed by atoms with Gasteiger partial charge in [0.25, 0.3) is 5.91 Å². The fraction of sp³-hybridized carbons (Fsp3) is 0.294. The smallest absolute Gasteiger partial charge is 0.286 e. The summed E-state index contributed by atoms with van der Waals surface area (Å²) in [5.41, 5.74) is 5.08. The first-order chi connectivity index (χ1) is 11.7. The van der Waals surface area contributed by atoms with E-state index in [0.29, 0.717) is 25.3 Å². The highest BCUT2D eigenvalue weighted by atomic mass is 16.5. The van der Waals surface area contributed by atoms with Crippen molar-refractivity contribution in [3.05, 3.63) is 48.3 Å². The van der Waals surface area contributed by atoms with Crippen LogP contribution in [0.25, 0.3) is 0 Å². The molecule has 0 fully saturated rings. The minimum absolute atomic E-state index is 0.252. The number of carbonyl (C=O) groups is 2. The third kappa shape index (κ3) is 5.68. The Balaban J connectivity index is 1.59. The van der Waals surface area contributed by atoms with Crippen molar-refractivity contribution >= 4 is 11.8 Å². The molecule has 0 atom stereocenters. The molecule has 0 unspecified atom stereocenters. The second-order valence-corrected chi connectivity index (χ2v) is 4.94. The van der Waals surface area contributed by atoms with Crippen LogP contribution in [-0.2, 0) is 4.79 Å². The van der Waals surface area contributed by atoms with Crippen LogP contribution in [0.1, 0.15) is 30.3 Å². The van der Waals surface area contributed by atoms with Gasteiger partial charge in [-0.2, -0.15) is 0 Å². The van der Waals surface area contributed by atoms with E-state index >= 15 is 0 Å². The summed E-state index contributed by atoms with van der Waals surface area (Å²) in [6, 6.07) is 10.6. The number of aromatic nitrogens is 1. The molecule has 3 N–H and O–H groups in total. The fourth-order valence-corrected chi connectivity index (χ4v) is 1.95. The van der Waals surface area contributed by atoms with Gasteiger partial charge >= 0.3 is 0 Å². The van der Waals surface area contributed by atoms with Crippen LogP contribution >= 0.6 is 0 Å². The zero-order chi connectivity index (χ0) is 17.2. The van der Waals surface area contributed by atoms with Crippen LogP contribution in [0, 0.1) is 0 Å². The Morgan fingerprint density at radius 3 is 2.38 bits per heavy atom. The van der Waals surface area contributed by atoms with Crippen molar-refractivity contribution in [2.24, 2.45) is 0 Å². The Kier molecular flexibility index (Phi) is 6.70. The average molecular weight is 331 g/mol. The summed E-state index contributed by atoms with van der Waals surface area (Å²) in [5, 5.41) is 0. The van der Waals surface area contributed by atoms with Crippen LogP contribution < -0.4 is 20.3 Å². The van der Waals surface area contributed by atoms with Gasteiger partial charge in [-0.15, -0.1) is 0 Å². The highest BCUT2D eigenvalue weighted by Crippen LogP contribution is 2.17. The molecule has 0 saturated carbocycles. The van der Waals surface area contributed by atoms with Gasteiger partial charge in [-0.3, -0.25) is 20.4 Å². The summed E-state index contributed by atoms with van der Waals surface area (Å²) in [6.07, 6.45) is 2.43. The van der Waals surface area contributed by atoms with Crippen molar-refractivity contribution in [3.63, 3.8) is 0 Å². The van der Waals surface area contributed by atoms with Crippen molar-refractivity contribution in [1.82, 2.24) is 15.8 Å². The summed E-state index contributed by atoms with van der Waals surface area (Å²) in [7, 11) is 0. The van der Waals surface area contributed by atoms with Gasteiger partial charge in [-0.1, -0.05) is 0 Å². The molecule has 7 heteroatoms. The average Bonchev–Trinajstić information content (AvgIpc) is 3.13. The maximum atomic E-state index is 11.6. The molecule has 0 aliphatic carbocycles. The molecule has 24 heavy (non-hydrogen) atoms. The number of hydrazine groups is 1. The zero-order valence-corrected chi connectivity index (χ0v) is 13.5. The lowest BCUT2D eigenvalue weighted by Crippen LogP contribution is -2.41. The lowest BCUT2D eigenvalue weighted by atomic mass is 10.3. The molecular weight excluding hydrogens is 310 g/mol. The van der Waals surface area contributed by atoms with Crippen molar-refractivity contribution in [1.29, 1.82) is 0 Å². The number of benzene rings is 1. The van der Waals surface area contributed by atoms with Gasteiger partial charge in [0.1, 0.15) is 17.2 Å². The SMILES string of the molecule is CCOc1ccc(OCCCC(=O)NNC(=O)c2ccc[nH]2)cc1. The Morgan fingerprint density at radius 2 is 1.75 bits per heavy atom. The van der Waals surface area contributed by atoms with Crippen LogP contribution in [-0.4, -0.2) is 30.0 Å². The van der Waals surface area contributed by atoms with E-state index < -0.39 is 0 Å². The zero-order valence-electron chi connectivity index (χ0n) is 13.5. The Morgan fingerprint density at radius 1 is 1.04 bits per heavy atom. The number of hydrogen-bond donors (Lipinski definition) is 3. The quantitative estimate of drug-likeness (QED) is 0.510. The number of rotatable bonds is 8. The maximum Gasteiger partial charge on any atom is 0.286 e. The van der Waals surface area contributed by atoms with Gasteiger partial charge in [-0.05, 0) is 49.7 Å². The van der Waals surface area contributed by atoms with Crippen molar-refractivity contribution in [2.75, 3.05) is 13.2 Å². The third-order valence-electron chi connectivity index (χ3n) is 3.11. The summed E-state index contributed by atoms with van der Waals surface area (Å²) in [4.78, 5) is 26.0. The number of nitrogens with one attached hydrogen (secondary N) is 3. The molecule has 0 bridgehead atoms. The monoisotopic (exact) mass is 331 g/mol. The number of carbonyl (C=O) groups excluding carboxylic acids is 2. The minimum Gasteiger partial charge on any atom is -0.494 e. The Hall–Kier alpha value is -2.96. The summed E-state index contributed by atoms with van der Waals surface area (Å²) in [5.74, 6) is 0.852. The highest BCUT2D eigenvalue weighted by molar-refractivity contribution is 5.93. The van der Waals surface area contributed by atoms with Crippen molar-refractivity contribution in [2.45, 2.75) is 19.8 Å². The molecule has 0 radical (unpaired) electrons. The van der Waals surface area contributed by atoms with Crippen LogP contribution in [0.4, 0.5) is 0 Å². The molecule has 2 amide bonds. The molecule has 0 aliphatic heterocycles. The molecule has 0 saturated heterocycles. The van der Waals surface area contributed by atoms with Gasteiger partial charge < -0.3 is 14.5 Å². The van der Waals surface area contributed by atoms with E-state index in [-0.39, 0.29) is 18.2 Å². The Bertz CT molecular complexity index is 638. The topological polar surface area (TPSA) is 92.4 Å². The fourth-order valence-electron chi connectivity index (χ4n) is 1.95. The lowest BCUT2D eigenvalue weighted by Gasteiger charge is -2.08. The number of hydrogen-bond acceptors (Lipinski definition) is 4. The van der Waals surface area contributed by atoms with E-state index in [1.54, 1.807) is 18.3 Å². The summed E-state index contributed by atoms with van der Waals surface area (Å²) >= 11 is 0. The van der Waals surface area contributed by atoms with Gasteiger partial charge in [0.15, 0.2) is 0 Å². The van der Waals surface area contributed by atoms with Gasteiger partial charge in [-0.25, -0.2) is 0 Å². The largest absolute Gasteiger partial charge is 0.494 e. The molecule has 7 nitrogen and oxygen atoms in total. The van der Waals surface area contributed by atoms with Gasteiger partial charge in [0.2, 0.25) is 5.91 Å². The molecular formula is C17H21N3O4. The van der Waals surface area contributed by atoms with Crippen molar-refractivity contribution < 1.29 is 19.1 Å². The second kappa shape index (κ2) is 9.24. The highest BCUT2D eigenvalue weighted by Gasteiger charge is 2.07. The van der Waals surface area contributed by atoms with Crippen molar-refractivity contribution in [3.8, 4) is 11.5 Å². The predicted octanol–water partition coefficient (Wildman–Crippen LogP) is 2.03. The van der Waals surface area contributed by atoms with E-state index in [9.17, 15) is 9.59 Å². The normalized spacial score (nSPS) is 10.0. The molecule has 2 rings (SSSR count). The van der Waals surface area contributed by atoms with Crippen LogP contribution in [0.15, 0.2) is 42.6 Å². The lowest BCUT2D eigenvalue weighted by molar-refractivity contribution is -0.122. The van der Waals surface area contributed by atoms with E-state index in [0.717, 1.165) is 11.5 Å². The maximum absolute atomic E-state index is 11.6. The first kappa shape index (κ1) is 17.4. The number of ether oxygens (including phenoxy) is 2. The number of H-pyrrole nitrogens is 1. The van der Waals surface area contributed by atoms with Crippen LogP contribution in [0.3, 0.4) is 0 Å². The molecule has 2 aromatic rings. The number of amides is 2. The first-order valence-electron chi connectivity index (χ1n) is 7.77. The van der Waals surface area contributed by atoms with E-state index in [1.807, 2.05) is 31.2 Å². The van der Waals surface area contributed by atoms with E-state index in [1.165, 1.54) is 0 Å². The van der Waals surface area contributed by atoms with E-state index in [2.05, 4.69) is 15.8 Å². The van der Waals surface area contributed by atoms with Gasteiger partial charge in [0.05, 0.1) is 13.2 Å². The molecule has 1 aromatic heterocycles. The predicted molar refractivity (Wildman–Crippen MR) is 88.7 cm³/mol. The second-order valence-electron chi connectivity index (χ2n) is 4.94. The summed E-state index contributed by atoms with van der Waals surface area (Å²) < 4.78 is 10.9. The minimum atomic E-state index is -0.390. The third-order valence-corrected chi connectivity index (χ3v) is 3.11. The molecule has 128 valence electrons. The summed E-state index contributed by atoms with van der Waals surface area (Å²) in [6.45, 7) is 2.96. The Labute approximate surface area is 140 Å². The molecule has 0 aliphatic rings.